The van der Waals surface area contributed by atoms with Crippen LogP contribution in [-0.4, -0.2) is 30.4 Å². The van der Waals surface area contributed by atoms with Gasteiger partial charge in [-0.3, -0.25) is 0 Å². The molecule has 4 nitrogen and oxygen atoms in total. The van der Waals surface area contributed by atoms with E-state index in [4.69, 9.17) is 0 Å². The fraction of sp³-hybridized carbons (Fsp3) is 0.333. The summed E-state index contributed by atoms with van der Waals surface area (Å²) in [4.78, 5) is 2.03. The van der Waals surface area contributed by atoms with Crippen LogP contribution in [0.5, 0.6) is 11.5 Å². The Balaban J connectivity index is 2.52. The molecule has 0 spiro atoms. The zero-order valence-corrected chi connectivity index (χ0v) is 7.41. The number of aromatic hydroxyl groups is 2. The lowest BCUT2D eigenvalue weighted by atomic mass is 10.2. The Morgan fingerprint density at radius 2 is 2.00 bits per heavy atom. The molecule has 0 fully saturated rings. The highest BCUT2D eigenvalue weighted by Crippen LogP contribution is 2.37. The maximum atomic E-state index is 9.29. The van der Waals surface area contributed by atoms with E-state index in [9.17, 15) is 10.2 Å². The van der Waals surface area contributed by atoms with Gasteiger partial charge in [-0.05, 0) is 0 Å². The number of benzene rings is 1. The summed E-state index contributed by atoms with van der Waals surface area (Å²) >= 11 is 0. The first-order chi connectivity index (χ1) is 6.18. The molecule has 1 aromatic rings. The summed E-state index contributed by atoms with van der Waals surface area (Å²) in [5.41, 5.74) is 1.78. The molecule has 1 aliphatic rings. The van der Waals surface area contributed by atoms with E-state index < -0.39 is 0 Å². The minimum absolute atomic E-state index is 0.0747. The van der Waals surface area contributed by atoms with Crippen LogP contribution >= 0.6 is 0 Å². The van der Waals surface area contributed by atoms with Crippen molar-refractivity contribution in [3.63, 3.8) is 0 Å². The Kier molecular flexibility index (Phi) is 1.69. The van der Waals surface area contributed by atoms with E-state index in [0.717, 1.165) is 24.5 Å². The van der Waals surface area contributed by atoms with Gasteiger partial charge < -0.3 is 20.4 Å². The molecule has 2 rings (SSSR count). The quantitative estimate of drug-likeness (QED) is 0.411. The Bertz CT molecular complexity index is 339. The van der Waals surface area contributed by atoms with E-state index in [1.165, 1.54) is 0 Å². The van der Waals surface area contributed by atoms with Crippen molar-refractivity contribution in [2.24, 2.45) is 0 Å². The van der Waals surface area contributed by atoms with Crippen LogP contribution in [0.25, 0.3) is 0 Å². The van der Waals surface area contributed by atoms with Gasteiger partial charge in [0.15, 0.2) is 11.5 Å². The number of nitrogens with one attached hydrogen (secondary N) is 1. The second-order valence-corrected chi connectivity index (χ2v) is 3.21. The third-order valence-corrected chi connectivity index (χ3v) is 2.27. The molecule has 0 aliphatic carbocycles. The maximum absolute atomic E-state index is 9.29. The number of nitrogens with zero attached hydrogens (tertiary/aromatic N) is 1. The summed E-state index contributed by atoms with van der Waals surface area (Å²) in [5.74, 6) is -0.157. The highest BCUT2D eigenvalue weighted by atomic mass is 16.3. The molecule has 0 aromatic heterocycles. The van der Waals surface area contributed by atoms with Crippen molar-refractivity contribution in [2.75, 3.05) is 30.4 Å². The number of phenols is 2. The third-order valence-electron chi connectivity index (χ3n) is 2.27. The smallest absolute Gasteiger partial charge is 0.159 e. The lowest BCUT2D eigenvalue weighted by Crippen LogP contribution is -2.30. The average molecular weight is 180 g/mol. The predicted octanol–water partition coefficient (Wildman–Crippen LogP) is 0.959. The summed E-state index contributed by atoms with van der Waals surface area (Å²) < 4.78 is 0. The van der Waals surface area contributed by atoms with Crippen LogP contribution in [0.3, 0.4) is 0 Å². The highest BCUT2D eigenvalue weighted by Gasteiger charge is 2.15. The second kappa shape index (κ2) is 2.73. The van der Waals surface area contributed by atoms with Crippen LogP contribution < -0.4 is 10.2 Å². The molecule has 1 heterocycles. The molecule has 0 unspecified atom stereocenters. The maximum Gasteiger partial charge on any atom is 0.159 e. The van der Waals surface area contributed by atoms with E-state index in [-0.39, 0.29) is 11.5 Å². The molecule has 3 N–H and O–H groups in total. The van der Waals surface area contributed by atoms with Crippen LogP contribution in [0.4, 0.5) is 11.4 Å². The number of rotatable bonds is 0. The molecule has 13 heavy (non-hydrogen) atoms. The van der Waals surface area contributed by atoms with Gasteiger partial charge in [-0.25, -0.2) is 0 Å². The van der Waals surface area contributed by atoms with E-state index in [0.29, 0.717) is 0 Å². The molecule has 0 saturated carbocycles. The molecule has 0 radical (unpaired) electrons. The third kappa shape index (κ3) is 1.24. The number of fused-ring (bicyclic) bond motifs is 1. The lowest BCUT2D eigenvalue weighted by Gasteiger charge is -2.28. The van der Waals surface area contributed by atoms with Crippen molar-refractivity contribution >= 4 is 11.4 Å². The Hall–Kier alpha value is -1.58. The topological polar surface area (TPSA) is 55.7 Å². The lowest BCUT2D eigenvalue weighted by molar-refractivity contribution is 0.404. The Labute approximate surface area is 76.4 Å². The predicted molar refractivity (Wildman–Crippen MR) is 51.5 cm³/mol. The molecule has 70 valence electrons. The van der Waals surface area contributed by atoms with Gasteiger partial charge in [-0.2, -0.15) is 0 Å². The number of phenolic OH excluding ortho intramolecular Hbond substituents is 2. The van der Waals surface area contributed by atoms with Gasteiger partial charge >= 0.3 is 0 Å². The molecule has 1 aromatic carbocycles. The van der Waals surface area contributed by atoms with E-state index >= 15 is 0 Å². The Morgan fingerprint density at radius 1 is 1.31 bits per heavy atom. The summed E-state index contributed by atoms with van der Waals surface area (Å²) in [7, 11) is 1.95. The average Bonchev–Trinajstić information content (AvgIpc) is 2.09. The minimum atomic E-state index is -0.0819. The summed E-state index contributed by atoms with van der Waals surface area (Å²) in [6, 6.07) is 3.11. The molecule has 1 aliphatic heterocycles. The van der Waals surface area contributed by atoms with Crippen LogP contribution in [0.1, 0.15) is 0 Å². The fourth-order valence-electron chi connectivity index (χ4n) is 1.50. The van der Waals surface area contributed by atoms with Gasteiger partial charge in [0.05, 0.1) is 11.4 Å². The van der Waals surface area contributed by atoms with Crippen molar-refractivity contribution in [1.82, 2.24) is 0 Å². The van der Waals surface area contributed by atoms with Gasteiger partial charge in [0, 0.05) is 32.3 Å². The van der Waals surface area contributed by atoms with Crippen LogP contribution in [0, 0.1) is 0 Å². The normalized spacial score (nSPS) is 15.0. The number of likely N-dealkylation sites (N-methyl/N-ethyl adjacent to an activating group) is 1. The first-order valence-electron chi connectivity index (χ1n) is 4.19. The van der Waals surface area contributed by atoms with Crippen LogP contribution in [0.15, 0.2) is 12.1 Å². The van der Waals surface area contributed by atoms with E-state index in [2.05, 4.69) is 5.32 Å². The first-order valence-corrected chi connectivity index (χ1v) is 4.19. The molecular weight excluding hydrogens is 168 g/mol. The molecule has 0 amide bonds. The molecule has 0 saturated heterocycles. The minimum Gasteiger partial charge on any atom is -0.504 e. The van der Waals surface area contributed by atoms with Crippen molar-refractivity contribution in [1.29, 1.82) is 0 Å². The Morgan fingerprint density at radius 3 is 2.77 bits per heavy atom. The standard InChI is InChI=1S/C9H12N2O2/c1-11-3-2-10-6-4-8(12)9(13)5-7(6)11/h4-5,10,12-13H,2-3H2,1H3. The monoisotopic (exact) mass is 180 g/mol. The van der Waals surface area contributed by atoms with Crippen molar-refractivity contribution in [3.8, 4) is 11.5 Å². The van der Waals surface area contributed by atoms with E-state index in [1.807, 2.05) is 11.9 Å². The SMILES string of the molecule is CN1CCNc2cc(O)c(O)cc21. The summed E-state index contributed by atoms with van der Waals surface area (Å²) in [5, 5.41) is 21.7. The molecule has 0 atom stereocenters. The largest absolute Gasteiger partial charge is 0.504 e. The van der Waals surface area contributed by atoms with Gasteiger partial charge in [-0.1, -0.05) is 0 Å². The zero-order valence-electron chi connectivity index (χ0n) is 7.41. The number of hydrogen-bond acceptors (Lipinski definition) is 4. The van der Waals surface area contributed by atoms with Crippen molar-refractivity contribution in [2.45, 2.75) is 0 Å². The number of anilines is 2. The molecule has 4 heteroatoms. The number of hydrogen-bond donors (Lipinski definition) is 3. The molecular formula is C9H12N2O2. The highest BCUT2D eigenvalue weighted by molar-refractivity contribution is 5.76. The fourth-order valence-corrected chi connectivity index (χ4v) is 1.50. The van der Waals surface area contributed by atoms with E-state index in [1.54, 1.807) is 12.1 Å². The van der Waals surface area contributed by atoms with Crippen LogP contribution in [-0.2, 0) is 0 Å². The van der Waals surface area contributed by atoms with Gasteiger partial charge in [0.2, 0.25) is 0 Å². The van der Waals surface area contributed by atoms with Crippen LogP contribution in [0.2, 0.25) is 0 Å². The van der Waals surface area contributed by atoms with Gasteiger partial charge in [-0.15, -0.1) is 0 Å². The summed E-state index contributed by atoms with van der Waals surface area (Å²) in [6.07, 6.45) is 0. The zero-order chi connectivity index (χ0) is 9.42. The van der Waals surface area contributed by atoms with Crippen molar-refractivity contribution < 1.29 is 10.2 Å². The molecule has 0 bridgehead atoms. The second-order valence-electron chi connectivity index (χ2n) is 3.21. The first kappa shape index (κ1) is 8.04. The van der Waals surface area contributed by atoms with Gasteiger partial charge in [0.1, 0.15) is 0 Å². The van der Waals surface area contributed by atoms with Gasteiger partial charge in [0.25, 0.3) is 0 Å². The van der Waals surface area contributed by atoms with Crippen molar-refractivity contribution in [3.05, 3.63) is 12.1 Å². The summed E-state index contributed by atoms with van der Waals surface area (Å²) in [6.45, 7) is 1.75.